The molecule has 0 bridgehead atoms. The minimum atomic E-state index is -0.269. The first-order valence-electron chi connectivity index (χ1n) is 10.2. The van der Waals surface area contributed by atoms with E-state index in [2.05, 4.69) is 39.0 Å². The van der Waals surface area contributed by atoms with Gasteiger partial charge in [0.2, 0.25) is 0 Å². The molecule has 0 radical (unpaired) electrons. The number of nitrogens with one attached hydrogen (secondary N) is 1. The summed E-state index contributed by atoms with van der Waals surface area (Å²) in [5.74, 6) is 1.29. The van der Waals surface area contributed by atoms with Crippen molar-refractivity contribution in [3.8, 4) is 16.9 Å². The Hall–Kier alpha value is -3.32. The fourth-order valence-corrected chi connectivity index (χ4v) is 4.13. The van der Waals surface area contributed by atoms with Gasteiger partial charge in [0.05, 0.1) is 5.39 Å². The number of rotatable bonds is 3. The van der Waals surface area contributed by atoms with Gasteiger partial charge in [-0.3, -0.25) is 4.57 Å². The summed E-state index contributed by atoms with van der Waals surface area (Å²) < 4.78 is 16.8. The average Bonchev–Trinajstić information content (AvgIpc) is 3.16. The average molecular weight is 402 g/mol. The van der Waals surface area contributed by atoms with E-state index in [-0.39, 0.29) is 11.9 Å². The lowest BCUT2D eigenvalue weighted by molar-refractivity contribution is 0.423. The molecule has 2 atom stereocenters. The van der Waals surface area contributed by atoms with Crippen LogP contribution in [0.3, 0.4) is 0 Å². The number of anilines is 1. The van der Waals surface area contributed by atoms with E-state index in [4.69, 9.17) is 0 Å². The molecule has 6 nitrogen and oxygen atoms in total. The lowest BCUT2D eigenvalue weighted by Crippen LogP contribution is -2.54. The maximum Gasteiger partial charge on any atom is 0.151 e. The lowest BCUT2D eigenvalue weighted by atomic mass is 10.0. The molecule has 30 heavy (non-hydrogen) atoms. The first kappa shape index (κ1) is 18.7. The van der Waals surface area contributed by atoms with E-state index in [1.165, 1.54) is 6.07 Å². The Labute approximate surface area is 174 Å². The van der Waals surface area contributed by atoms with Crippen LogP contribution in [0.4, 0.5) is 10.2 Å². The largest absolute Gasteiger partial charge is 0.350 e. The molecule has 152 valence electrons. The van der Waals surface area contributed by atoms with Crippen LogP contribution in [-0.2, 0) is 0 Å². The van der Waals surface area contributed by atoms with Gasteiger partial charge in [0, 0.05) is 48.7 Å². The molecule has 0 aliphatic carbocycles. The standard InChI is InChI=1S/C23H23FN6/c1-15-12-29(16(2)11-26-15)22-21-18(17-7-3-4-8-19(17)24)13-30(23(21)28-14-27-22)20-9-5-6-10-25-20/h3-10,13-16,26H,11-12H2,1-2H3/t15-,16+/m1/s1. The number of aromatic nitrogens is 4. The van der Waals surface area contributed by atoms with E-state index in [0.717, 1.165) is 41.3 Å². The molecule has 7 heteroatoms. The SMILES string of the molecule is C[C@@H]1CN(c2ncnc3c2c(-c2ccccc2F)cn3-c2ccccn2)[C@@H](C)CN1. The number of hydrogen-bond donors (Lipinski definition) is 1. The minimum Gasteiger partial charge on any atom is -0.350 e. The van der Waals surface area contributed by atoms with E-state index in [1.807, 2.05) is 35.0 Å². The van der Waals surface area contributed by atoms with Crippen LogP contribution in [0.15, 0.2) is 61.2 Å². The number of pyridine rings is 1. The predicted octanol–water partition coefficient (Wildman–Crippen LogP) is 3.81. The monoisotopic (exact) mass is 402 g/mol. The fraction of sp³-hybridized carbons (Fsp3) is 0.261. The minimum absolute atomic E-state index is 0.256. The van der Waals surface area contributed by atoms with Crippen LogP contribution in [0, 0.1) is 5.82 Å². The maximum atomic E-state index is 14.8. The molecule has 4 heterocycles. The number of fused-ring (bicyclic) bond motifs is 1. The molecule has 1 aliphatic rings. The predicted molar refractivity (Wildman–Crippen MR) is 116 cm³/mol. The molecule has 0 unspecified atom stereocenters. The second-order valence-corrected chi connectivity index (χ2v) is 7.79. The highest BCUT2D eigenvalue weighted by Crippen LogP contribution is 2.38. The Balaban J connectivity index is 1.80. The zero-order valence-electron chi connectivity index (χ0n) is 17.0. The Bertz CT molecular complexity index is 1190. The highest BCUT2D eigenvalue weighted by Gasteiger charge is 2.28. The normalized spacial score (nSPS) is 19.4. The lowest BCUT2D eigenvalue weighted by Gasteiger charge is -2.38. The quantitative estimate of drug-likeness (QED) is 0.565. The topological polar surface area (TPSA) is 58.9 Å². The molecule has 0 saturated carbocycles. The van der Waals surface area contributed by atoms with Crippen molar-refractivity contribution in [1.82, 2.24) is 24.8 Å². The van der Waals surface area contributed by atoms with Gasteiger partial charge in [-0.1, -0.05) is 24.3 Å². The van der Waals surface area contributed by atoms with Crippen molar-refractivity contribution < 1.29 is 4.39 Å². The highest BCUT2D eigenvalue weighted by atomic mass is 19.1. The Morgan fingerprint density at radius 3 is 2.63 bits per heavy atom. The Morgan fingerprint density at radius 2 is 1.83 bits per heavy atom. The molecule has 5 rings (SSSR count). The van der Waals surface area contributed by atoms with Crippen LogP contribution in [0.5, 0.6) is 0 Å². The summed E-state index contributed by atoms with van der Waals surface area (Å²) in [5.41, 5.74) is 2.02. The van der Waals surface area contributed by atoms with Crippen molar-refractivity contribution in [1.29, 1.82) is 0 Å². The Kier molecular flexibility index (Phi) is 4.67. The molecule has 1 aliphatic heterocycles. The van der Waals surface area contributed by atoms with Crippen LogP contribution in [0.2, 0.25) is 0 Å². The molecule has 0 spiro atoms. The molecule has 0 amide bonds. The van der Waals surface area contributed by atoms with Crippen LogP contribution >= 0.6 is 0 Å². The van der Waals surface area contributed by atoms with Crippen molar-refractivity contribution in [2.45, 2.75) is 25.9 Å². The molecule has 1 aromatic carbocycles. The van der Waals surface area contributed by atoms with Gasteiger partial charge in [-0.25, -0.2) is 19.3 Å². The van der Waals surface area contributed by atoms with Crippen molar-refractivity contribution >= 4 is 16.9 Å². The van der Waals surface area contributed by atoms with E-state index in [0.29, 0.717) is 11.6 Å². The number of piperazine rings is 1. The summed E-state index contributed by atoms with van der Waals surface area (Å²) >= 11 is 0. The molecule has 3 aromatic heterocycles. The summed E-state index contributed by atoms with van der Waals surface area (Å²) in [5, 5.41) is 4.35. The highest BCUT2D eigenvalue weighted by molar-refractivity contribution is 6.02. The summed E-state index contributed by atoms with van der Waals surface area (Å²) in [6.07, 6.45) is 5.24. The molecule has 1 saturated heterocycles. The molecule has 1 N–H and O–H groups in total. The van der Waals surface area contributed by atoms with E-state index < -0.39 is 0 Å². The zero-order valence-corrected chi connectivity index (χ0v) is 17.0. The Morgan fingerprint density at radius 1 is 1.00 bits per heavy atom. The first-order valence-corrected chi connectivity index (χ1v) is 10.2. The van der Waals surface area contributed by atoms with Crippen molar-refractivity contribution in [2.75, 3.05) is 18.0 Å². The van der Waals surface area contributed by atoms with Gasteiger partial charge < -0.3 is 10.2 Å². The van der Waals surface area contributed by atoms with Gasteiger partial charge in [0.25, 0.3) is 0 Å². The first-order chi connectivity index (χ1) is 14.6. The smallest absolute Gasteiger partial charge is 0.151 e. The summed E-state index contributed by atoms with van der Waals surface area (Å²) in [4.78, 5) is 16.0. The number of benzene rings is 1. The molecular weight excluding hydrogens is 379 g/mol. The number of halogens is 1. The van der Waals surface area contributed by atoms with Gasteiger partial charge in [0.15, 0.2) is 5.65 Å². The van der Waals surface area contributed by atoms with Crippen LogP contribution in [0.1, 0.15) is 13.8 Å². The van der Waals surface area contributed by atoms with E-state index in [1.54, 1.807) is 24.7 Å². The third-order valence-electron chi connectivity index (χ3n) is 5.66. The van der Waals surface area contributed by atoms with Crippen LogP contribution in [-0.4, -0.2) is 44.7 Å². The van der Waals surface area contributed by atoms with Crippen molar-refractivity contribution in [2.24, 2.45) is 0 Å². The van der Waals surface area contributed by atoms with Gasteiger partial charge in [0.1, 0.15) is 23.8 Å². The number of nitrogens with zero attached hydrogens (tertiary/aromatic N) is 5. The van der Waals surface area contributed by atoms with Gasteiger partial charge in [-0.2, -0.15) is 0 Å². The number of hydrogen-bond acceptors (Lipinski definition) is 5. The molecule has 1 fully saturated rings. The van der Waals surface area contributed by atoms with Gasteiger partial charge in [-0.15, -0.1) is 0 Å². The summed E-state index contributed by atoms with van der Waals surface area (Å²) in [6, 6.07) is 13.1. The summed E-state index contributed by atoms with van der Waals surface area (Å²) in [7, 11) is 0. The second-order valence-electron chi connectivity index (χ2n) is 7.79. The zero-order chi connectivity index (χ0) is 20.7. The molecule has 4 aromatic rings. The maximum absolute atomic E-state index is 14.8. The summed E-state index contributed by atoms with van der Waals surface area (Å²) in [6.45, 7) is 6.01. The van der Waals surface area contributed by atoms with Gasteiger partial charge >= 0.3 is 0 Å². The third kappa shape index (κ3) is 3.11. The molecular formula is C23H23FN6. The van der Waals surface area contributed by atoms with Gasteiger partial charge in [-0.05, 0) is 32.0 Å². The van der Waals surface area contributed by atoms with Crippen molar-refractivity contribution in [3.05, 3.63) is 67.0 Å². The second kappa shape index (κ2) is 7.50. The van der Waals surface area contributed by atoms with E-state index >= 15 is 0 Å². The third-order valence-corrected chi connectivity index (χ3v) is 5.66. The fourth-order valence-electron chi connectivity index (χ4n) is 4.13. The van der Waals surface area contributed by atoms with E-state index in [9.17, 15) is 4.39 Å². The van der Waals surface area contributed by atoms with Crippen LogP contribution in [0.25, 0.3) is 28.0 Å². The van der Waals surface area contributed by atoms with Crippen LogP contribution < -0.4 is 10.2 Å². The van der Waals surface area contributed by atoms with Crippen molar-refractivity contribution in [3.63, 3.8) is 0 Å².